The predicted molar refractivity (Wildman–Crippen MR) is 77.2 cm³/mol. The summed E-state index contributed by atoms with van der Waals surface area (Å²) in [6.45, 7) is 2.17. The molecule has 0 atom stereocenters. The number of nitrogens with zero attached hydrogens (tertiary/aromatic N) is 1. The Hall–Kier alpha value is -1.39. The van der Waals surface area contributed by atoms with Crippen molar-refractivity contribution in [3.8, 4) is 10.6 Å². The van der Waals surface area contributed by atoms with Crippen LogP contribution in [0.4, 0.5) is 5.13 Å². The lowest BCUT2D eigenvalue weighted by molar-refractivity contribution is 1.37. The van der Waals surface area contributed by atoms with Crippen molar-refractivity contribution in [2.24, 2.45) is 0 Å². The van der Waals surface area contributed by atoms with Crippen LogP contribution >= 0.6 is 22.7 Å². The van der Waals surface area contributed by atoms with E-state index in [9.17, 15) is 0 Å². The van der Waals surface area contributed by atoms with Gasteiger partial charge in [-0.15, -0.1) is 22.7 Å². The number of aromatic nitrogens is 1. The fourth-order valence-corrected chi connectivity index (χ4v) is 3.82. The highest BCUT2D eigenvalue weighted by atomic mass is 32.1. The number of anilines is 1. The maximum absolute atomic E-state index is 4.57. The number of aryl methyl sites for hydroxylation is 1. The number of rotatable bonds is 2. The van der Waals surface area contributed by atoms with Gasteiger partial charge in [-0.05, 0) is 23.9 Å². The third-order valence-electron chi connectivity index (χ3n) is 2.79. The number of fused-ring (bicyclic) bond motifs is 1. The minimum absolute atomic E-state index is 0.969. The van der Waals surface area contributed by atoms with Crippen molar-refractivity contribution in [2.45, 2.75) is 6.92 Å². The zero-order valence-electron chi connectivity index (χ0n) is 9.65. The molecule has 0 radical (unpaired) electrons. The molecule has 0 aliphatic carbocycles. The Labute approximate surface area is 108 Å². The fraction of sp³-hybridized carbons (Fsp3) is 0.154. The van der Waals surface area contributed by atoms with E-state index in [0.29, 0.717) is 0 Å². The lowest BCUT2D eigenvalue weighted by atomic mass is 10.1. The van der Waals surface area contributed by atoms with E-state index in [1.165, 1.54) is 20.5 Å². The van der Waals surface area contributed by atoms with E-state index < -0.39 is 0 Å². The molecule has 0 fully saturated rings. The Kier molecular flexibility index (Phi) is 2.61. The molecule has 2 heterocycles. The average molecular weight is 260 g/mol. The molecule has 1 aromatic carbocycles. The molecule has 0 saturated heterocycles. The summed E-state index contributed by atoms with van der Waals surface area (Å²) in [4.78, 5) is 5.85. The maximum Gasteiger partial charge on any atom is 0.182 e. The van der Waals surface area contributed by atoms with Gasteiger partial charge in [-0.25, -0.2) is 4.98 Å². The third-order valence-corrected chi connectivity index (χ3v) is 4.95. The highest BCUT2D eigenvalue weighted by Crippen LogP contribution is 2.38. The lowest BCUT2D eigenvalue weighted by Gasteiger charge is -1.94. The number of hydrogen-bond donors (Lipinski definition) is 1. The van der Waals surface area contributed by atoms with Gasteiger partial charge in [0.25, 0.3) is 0 Å². The SMILES string of the molecule is CNc1nc(-c2sc3ccccc3c2C)cs1. The quantitative estimate of drug-likeness (QED) is 0.740. The van der Waals surface area contributed by atoms with Crippen LogP contribution in [-0.2, 0) is 0 Å². The first-order valence-electron chi connectivity index (χ1n) is 5.41. The average Bonchev–Trinajstić information content (AvgIpc) is 2.95. The Balaban J connectivity index is 2.20. The van der Waals surface area contributed by atoms with Gasteiger partial charge >= 0.3 is 0 Å². The van der Waals surface area contributed by atoms with E-state index in [1.807, 2.05) is 18.4 Å². The molecule has 1 N–H and O–H groups in total. The van der Waals surface area contributed by atoms with Crippen LogP contribution in [0.2, 0.25) is 0 Å². The molecule has 3 rings (SSSR count). The third kappa shape index (κ3) is 1.73. The minimum atomic E-state index is 0.969. The van der Waals surface area contributed by atoms with E-state index >= 15 is 0 Å². The number of nitrogens with one attached hydrogen (secondary N) is 1. The van der Waals surface area contributed by atoms with Gasteiger partial charge in [-0.2, -0.15) is 0 Å². The van der Waals surface area contributed by atoms with Crippen molar-refractivity contribution in [3.63, 3.8) is 0 Å². The first kappa shape index (κ1) is 10.7. The number of thiophene rings is 1. The molecule has 3 aromatic rings. The Morgan fingerprint density at radius 2 is 2.06 bits per heavy atom. The summed E-state index contributed by atoms with van der Waals surface area (Å²) < 4.78 is 1.33. The van der Waals surface area contributed by atoms with Gasteiger partial charge in [0.1, 0.15) is 0 Å². The summed E-state index contributed by atoms with van der Waals surface area (Å²) in [5.41, 5.74) is 2.41. The summed E-state index contributed by atoms with van der Waals surface area (Å²) >= 11 is 3.46. The van der Waals surface area contributed by atoms with E-state index in [4.69, 9.17) is 0 Å². The standard InChI is InChI=1S/C13H12N2S2/c1-8-9-5-3-4-6-11(9)17-12(8)10-7-16-13(14-2)15-10/h3-7H,1-2H3,(H,14,15). The summed E-state index contributed by atoms with van der Waals surface area (Å²) in [7, 11) is 1.90. The number of hydrogen-bond acceptors (Lipinski definition) is 4. The second kappa shape index (κ2) is 4.13. The van der Waals surface area contributed by atoms with E-state index in [0.717, 1.165) is 10.8 Å². The van der Waals surface area contributed by atoms with Gasteiger partial charge < -0.3 is 5.32 Å². The van der Waals surface area contributed by atoms with E-state index in [1.54, 1.807) is 11.3 Å². The van der Waals surface area contributed by atoms with Crippen LogP contribution in [0.15, 0.2) is 29.6 Å². The van der Waals surface area contributed by atoms with Gasteiger partial charge in [0.05, 0.1) is 10.6 Å². The van der Waals surface area contributed by atoms with Crippen molar-refractivity contribution in [3.05, 3.63) is 35.2 Å². The minimum Gasteiger partial charge on any atom is -0.365 e. The molecular formula is C13H12N2S2. The summed E-state index contributed by atoms with van der Waals surface area (Å²) in [6.07, 6.45) is 0. The molecule has 0 aliphatic heterocycles. The maximum atomic E-state index is 4.57. The normalized spacial score (nSPS) is 10.9. The van der Waals surface area contributed by atoms with Crippen molar-refractivity contribution in [2.75, 3.05) is 12.4 Å². The zero-order chi connectivity index (χ0) is 11.8. The first-order chi connectivity index (χ1) is 8.29. The molecule has 0 bridgehead atoms. The topological polar surface area (TPSA) is 24.9 Å². The molecule has 0 saturated carbocycles. The van der Waals surface area contributed by atoms with Crippen molar-refractivity contribution in [1.29, 1.82) is 0 Å². The van der Waals surface area contributed by atoms with Crippen LogP contribution in [0, 0.1) is 6.92 Å². The van der Waals surface area contributed by atoms with Crippen LogP contribution in [0.25, 0.3) is 20.7 Å². The second-order valence-corrected chi connectivity index (χ2v) is 5.75. The van der Waals surface area contributed by atoms with Crippen LogP contribution < -0.4 is 5.32 Å². The Bertz CT molecular complexity index is 667. The molecular weight excluding hydrogens is 248 g/mol. The van der Waals surface area contributed by atoms with Gasteiger partial charge in [0.2, 0.25) is 0 Å². The zero-order valence-corrected chi connectivity index (χ0v) is 11.3. The molecule has 2 nitrogen and oxygen atoms in total. The Morgan fingerprint density at radius 1 is 1.24 bits per heavy atom. The van der Waals surface area contributed by atoms with Gasteiger partial charge in [-0.3, -0.25) is 0 Å². The van der Waals surface area contributed by atoms with Gasteiger partial charge in [0.15, 0.2) is 5.13 Å². The molecule has 0 amide bonds. The van der Waals surface area contributed by atoms with Gasteiger partial charge in [0, 0.05) is 17.1 Å². The summed E-state index contributed by atoms with van der Waals surface area (Å²) in [5.74, 6) is 0. The van der Waals surface area contributed by atoms with E-state index in [2.05, 4.69) is 46.9 Å². The largest absolute Gasteiger partial charge is 0.365 e. The molecule has 86 valence electrons. The smallest absolute Gasteiger partial charge is 0.182 e. The van der Waals surface area contributed by atoms with Crippen molar-refractivity contribution in [1.82, 2.24) is 4.98 Å². The Morgan fingerprint density at radius 3 is 2.76 bits per heavy atom. The summed E-state index contributed by atoms with van der Waals surface area (Å²) in [5, 5.41) is 7.51. The highest BCUT2D eigenvalue weighted by Gasteiger charge is 2.12. The molecule has 0 unspecified atom stereocenters. The number of benzene rings is 1. The predicted octanol–water partition coefficient (Wildman–Crippen LogP) is 4.37. The van der Waals surface area contributed by atoms with Crippen LogP contribution in [0.5, 0.6) is 0 Å². The number of thiazole rings is 1. The highest BCUT2D eigenvalue weighted by molar-refractivity contribution is 7.22. The molecule has 0 spiro atoms. The van der Waals surface area contributed by atoms with Crippen LogP contribution in [-0.4, -0.2) is 12.0 Å². The first-order valence-corrected chi connectivity index (χ1v) is 7.11. The van der Waals surface area contributed by atoms with Crippen LogP contribution in [0.3, 0.4) is 0 Å². The van der Waals surface area contributed by atoms with Gasteiger partial charge in [-0.1, -0.05) is 18.2 Å². The molecule has 0 aliphatic rings. The van der Waals surface area contributed by atoms with Crippen molar-refractivity contribution >= 4 is 37.9 Å². The van der Waals surface area contributed by atoms with Crippen molar-refractivity contribution < 1.29 is 0 Å². The molecule has 2 aromatic heterocycles. The molecule has 4 heteroatoms. The fourth-order valence-electron chi connectivity index (χ4n) is 1.91. The van der Waals surface area contributed by atoms with Crippen LogP contribution in [0.1, 0.15) is 5.56 Å². The molecule has 17 heavy (non-hydrogen) atoms. The summed E-state index contributed by atoms with van der Waals surface area (Å²) in [6, 6.07) is 8.52. The lowest BCUT2D eigenvalue weighted by Crippen LogP contribution is -1.85. The monoisotopic (exact) mass is 260 g/mol. The van der Waals surface area contributed by atoms with E-state index in [-0.39, 0.29) is 0 Å². The second-order valence-electron chi connectivity index (χ2n) is 3.84.